The summed E-state index contributed by atoms with van der Waals surface area (Å²) in [4.78, 5) is 4.14. The molecular weight excluding hydrogens is 246 g/mol. The number of hydrogen-bond acceptors (Lipinski definition) is 3. The Morgan fingerprint density at radius 1 is 1.15 bits per heavy atom. The van der Waals surface area contributed by atoms with E-state index in [0.29, 0.717) is 0 Å². The molecule has 0 spiro atoms. The number of aryl methyl sites for hydroxylation is 3. The predicted molar refractivity (Wildman–Crippen MR) is 83.3 cm³/mol. The van der Waals surface area contributed by atoms with Crippen molar-refractivity contribution in [3.63, 3.8) is 0 Å². The van der Waals surface area contributed by atoms with Crippen LogP contribution in [0.4, 0.5) is 0 Å². The van der Waals surface area contributed by atoms with Crippen molar-refractivity contribution in [2.45, 2.75) is 39.2 Å². The van der Waals surface area contributed by atoms with Gasteiger partial charge in [-0.15, -0.1) is 0 Å². The van der Waals surface area contributed by atoms with Gasteiger partial charge in [0.25, 0.3) is 0 Å². The van der Waals surface area contributed by atoms with Gasteiger partial charge >= 0.3 is 0 Å². The molecule has 0 fully saturated rings. The third kappa shape index (κ3) is 4.15. The molecule has 0 bridgehead atoms. The maximum absolute atomic E-state index is 5.69. The number of rotatable bonds is 6. The number of nitrogens with one attached hydrogen (secondary N) is 1. The maximum atomic E-state index is 5.69. The number of nitrogens with two attached hydrogens (primary N) is 1. The second-order valence-corrected chi connectivity index (χ2v) is 5.39. The number of pyridine rings is 1. The number of aromatic nitrogens is 1. The van der Waals surface area contributed by atoms with Crippen LogP contribution in [0.5, 0.6) is 0 Å². The standard InChI is InChI=1S/C17H23N3/c1-13-5-6-16(10-14(13)2)11-17(20-18)8-7-15-4-3-9-19-12-15/h3-6,9-10,12,17,20H,7-8,11,18H2,1-2H3. The van der Waals surface area contributed by atoms with Gasteiger partial charge in [-0.1, -0.05) is 24.3 Å². The van der Waals surface area contributed by atoms with E-state index in [0.717, 1.165) is 19.3 Å². The first kappa shape index (κ1) is 14.7. The Kier molecular flexibility index (Phi) is 5.27. The Bertz CT molecular complexity index is 537. The molecule has 20 heavy (non-hydrogen) atoms. The molecule has 106 valence electrons. The summed E-state index contributed by atoms with van der Waals surface area (Å²) in [6.45, 7) is 4.29. The minimum atomic E-state index is 0.289. The smallest absolute Gasteiger partial charge is 0.0299 e. The molecule has 3 N–H and O–H groups in total. The van der Waals surface area contributed by atoms with Gasteiger partial charge in [0.05, 0.1) is 0 Å². The highest BCUT2D eigenvalue weighted by Crippen LogP contribution is 2.13. The Morgan fingerprint density at radius 3 is 2.65 bits per heavy atom. The zero-order valence-electron chi connectivity index (χ0n) is 12.3. The van der Waals surface area contributed by atoms with Crippen molar-refractivity contribution < 1.29 is 0 Å². The summed E-state index contributed by atoms with van der Waals surface area (Å²) in [5.41, 5.74) is 8.20. The van der Waals surface area contributed by atoms with Crippen LogP contribution in [0, 0.1) is 13.8 Å². The largest absolute Gasteiger partial charge is 0.271 e. The van der Waals surface area contributed by atoms with Crippen LogP contribution in [0.2, 0.25) is 0 Å². The van der Waals surface area contributed by atoms with Crippen LogP contribution in [0.1, 0.15) is 28.7 Å². The van der Waals surface area contributed by atoms with Gasteiger partial charge in [-0.05, 0) is 61.4 Å². The average molecular weight is 269 g/mol. The van der Waals surface area contributed by atoms with Gasteiger partial charge in [-0.25, -0.2) is 0 Å². The van der Waals surface area contributed by atoms with Crippen molar-refractivity contribution in [3.05, 3.63) is 65.0 Å². The predicted octanol–water partition coefficient (Wildman–Crippen LogP) is 2.71. The van der Waals surface area contributed by atoms with Crippen molar-refractivity contribution in [1.29, 1.82) is 0 Å². The van der Waals surface area contributed by atoms with E-state index in [1.54, 1.807) is 6.20 Å². The molecule has 2 aromatic rings. The normalized spacial score (nSPS) is 12.3. The molecule has 0 amide bonds. The van der Waals surface area contributed by atoms with Crippen molar-refractivity contribution in [1.82, 2.24) is 10.4 Å². The molecule has 0 radical (unpaired) electrons. The fourth-order valence-electron chi connectivity index (χ4n) is 2.35. The third-order valence-corrected chi connectivity index (χ3v) is 3.79. The zero-order chi connectivity index (χ0) is 14.4. The van der Waals surface area contributed by atoms with Crippen LogP contribution in [0.3, 0.4) is 0 Å². The highest BCUT2D eigenvalue weighted by Gasteiger charge is 2.09. The van der Waals surface area contributed by atoms with Gasteiger partial charge in [0.15, 0.2) is 0 Å². The Balaban J connectivity index is 1.93. The molecule has 0 aliphatic heterocycles. The first-order valence-corrected chi connectivity index (χ1v) is 7.10. The second kappa shape index (κ2) is 7.17. The lowest BCUT2D eigenvalue weighted by atomic mass is 9.97. The minimum Gasteiger partial charge on any atom is -0.271 e. The first-order valence-electron chi connectivity index (χ1n) is 7.10. The fourth-order valence-corrected chi connectivity index (χ4v) is 2.35. The lowest BCUT2D eigenvalue weighted by Crippen LogP contribution is -2.37. The van der Waals surface area contributed by atoms with E-state index in [-0.39, 0.29) is 6.04 Å². The van der Waals surface area contributed by atoms with E-state index in [9.17, 15) is 0 Å². The quantitative estimate of drug-likeness (QED) is 0.626. The van der Waals surface area contributed by atoms with E-state index >= 15 is 0 Å². The molecule has 1 aromatic heterocycles. The highest BCUT2D eigenvalue weighted by molar-refractivity contribution is 5.30. The van der Waals surface area contributed by atoms with Gasteiger partial charge in [0.1, 0.15) is 0 Å². The molecule has 0 saturated carbocycles. The van der Waals surface area contributed by atoms with Gasteiger partial charge in [0.2, 0.25) is 0 Å². The summed E-state index contributed by atoms with van der Waals surface area (Å²) in [7, 11) is 0. The number of hydrogen-bond donors (Lipinski definition) is 2. The molecule has 0 aliphatic carbocycles. The highest BCUT2D eigenvalue weighted by atomic mass is 15.2. The molecule has 3 nitrogen and oxygen atoms in total. The van der Waals surface area contributed by atoms with Gasteiger partial charge < -0.3 is 0 Å². The van der Waals surface area contributed by atoms with Crippen LogP contribution < -0.4 is 11.3 Å². The number of benzene rings is 1. The maximum Gasteiger partial charge on any atom is 0.0299 e. The molecular formula is C17H23N3. The summed E-state index contributed by atoms with van der Waals surface area (Å²) >= 11 is 0. The Morgan fingerprint density at radius 2 is 2.00 bits per heavy atom. The van der Waals surface area contributed by atoms with Crippen molar-refractivity contribution >= 4 is 0 Å². The fraction of sp³-hybridized carbons (Fsp3) is 0.353. The van der Waals surface area contributed by atoms with Crippen molar-refractivity contribution in [3.8, 4) is 0 Å². The van der Waals surface area contributed by atoms with Crippen molar-refractivity contribution in [2.75, 3.05) is 0 Å². The zero-order valence-corrected chi connectivity index (χ0v) is 12.3. The average Bonchev–Trinajstić information content (AvgIpc) is 2.48. The summed E-state index contributed by atoms with van der Waals surface area (Å²) in [6.07, 6.45) is 6.68. The van der Waals surface area contributed by atoms with E-state index < -0.39 is 0 Å². The molecule has 0 aliphatic rings. The summed E-state index contributed by atoms with van der Waals surface area (Å²) in [6, 6.07) is 11.0. The Labute approximate surface area is 121 Å². The van der Waals surface area contributed by atoms with Crippen LogP contribution in [-0.4, -0.2) is 11.0 Å². The molecule has 2 rings (SSSR count). The van der Waals surface area contributed by atoms with E-state index in [2.05, 4.69) is 48.5 Å². The topological polar surface area (TPSA) is 50.9 Å². The molecule has 1 atom stereocenters. The lowest BCUT2D eigenvalue weighted by molar-refractivity contribution is 0.491. The van der Waals surface area contributed by atoms with E-state index in [4.69, 9.17) is 5.84 Å². The second-order valence-electron chi connectivity index (χ2n) is 5.39. The Hall–Kier alpha value is -1.71. The van der Waals surface area contributed by atoms with Crippen LogP contribution in [-0.2, 0) is 12.8 Å². The first-order chi connectivity index (χ1) is 9.69. The van der Waals surface area contributed by atoms with E-state index in [1.807, 2.05) is 12.3 Å². The number of hydrazine groups is 1. The molecule has 1 unspecified atom stereocenters. The summed E-state index contributed by atoms with van der Waals surface area (Å²) < 4.78 is 0. The van der Waals surface area contributed by atoms with Gasteiger partial charge in [0, 0.05) is 18.4 Å². The minimum absolute atomic E-state index is 0.289. The van der Waals surface area contributed by atoms with E-state index in [1.165, 1.54) is 22.3 Å². The molecule has 0 saturated heterocycles. The summed E-state index contributed by atoms with van der Waals surface area (Å²) in [5.74, 6) is 5.69. The number of nitrogens with zero attached hydrogens (tertiary/aromatic N) is 1. The lowest BCUT2D eigenvalue weighted by Gasteiger charge is -2.16. The van der Waals surface area contributed by atoms with Crippen LogP contribution >= 0.6 is 0 Å². The molecule has 3 heteroatoms. The summed E-state index contributed by atoms with van der Waals surface area (Å²) in [5, 5.41) is 0. The van der Waals surface area contributed by atoms with Crippen LogP contribution in [0.15, 0.2) is 42.7 Å². The third-order valence-electron chi connectivity index (χ3n) is 3.79. The van der Waals surface area contributed by atoms with Crippen molar-refractivity contribution in [2.24, 2.45) is 5.84 Å². The SMILES string of the molecule is Cc1ccc(CC(CCc2cccnc2)NN)cc1C. The van der Waals surface area contributed by atoms with Gasteiger partial charge in [-0.3, -0.25) is 16.3 Å². The monoisotopic (exact) mass is 269 g/mol. The van der Waals surface area contributed by atoms with Gasteiger partial charge in [-0.2, -0.15) is 0 Å². The van der Waals surface area contributed by atoms with Crippen LogP contribution in [0.25, 0.3) is 0 Å². The molecule has 1 aromatic carbocycles. The molecule has 1 heterocycles.